The Kier molecular flexibility index (Phi) is 5.58. The van der Waals surface area contributed by atoms with Crippen LogP contribution in [-0.4, -0.2) is 35.6 Å². The first-order chi connectivity index (χ1) is 9.49. The Hall–Kier alpha value is -0.450. The molecule has 0 spiro atoms. The molecular weight excluding hydrogens is 266 g/mol. The molecule has 2 rings (SSSR count). The van der Waals surface area contributed by atoms with Crippen molar-refractivity contribution in [2.45, 2.75) is 65.0 Å². The zero-order chi connectivity index (χ0) is 14.6. The fourth-order valence-electron chi connectivity index (χ4n) is 2.65. The van der Waals surface area contributed by atoms with E-state index in [9.17, 15) is 0 Å². The maximum atomic E-state index is 4.82. The molecule has 2 heterocycles. The van der Waals surface area contributed by atoms with Crippen molar-refractivity contribution in [2.24, 2.45) is 0 Å². The van der Waals surface area contributed by atoms with Crippen molar-refractivity contribution in [3.05, 3.63) is 16.1 Å². The van der Waals surface area contributed by atoms with Crippen molar-refractivity contribution < 1.29 is 0 Å². The molecule has 1 aliphatic rings. The summed E-state index contributed by atoms with van der Waals surface area (Å²) < 4.78 is 0. The first-order valence-corrected chi connectivity index (χ1v) is 8.77. The summed E-state index contributed by atoms with van der Waals surface area (Å²) in [7, 11) is 0. The second kappa shape index (κ2) is 7.01. The van der Waals surface area contributed by atoms with Gasteiger partial charge in [0.2, 0.25) is 0 Å². The summed E-state index contributed by atoms with van der Waals surface area (Å²) in [6.45, 7) is 13.4. The lowest BCUT2D eigenvalue weighted by Crippen LogP contribution is -2.43. The monoisotopic (exact) mass is 295 g/mol. The van der Waals surface area contributed by atoms with Gasteiger partial charge < -0.3 is 5.32 Å². The Balaban J connectivity index is 1.90. The van der Waals surface area contributed by atoms with Crippen molar-refractivity contribution in [1.82, 2.24) is 15.2 Å². The highest BCUT2D eigenvalue weighted by Gasteiger charge is 2.20. The Bertz CT molecular complexity index is 402. The number of aromatic nitrogens is 1. The van der Waals surface area contributed by atoms with E-state index >= 15 is 0 Å². The second-order valence-electron chi connectivity index (χ2n) is 6.87. The lowest BCUT2D eigenvalue weighted by Gasteiger charge is -2.29. The summed E-state index contributed by atoms with van der Waals surface area (Å²) >= 11 is 1.80. The molecule has 0 aromatic carbocycles. The van der Waals surface area contributed by atoms with Crippen LogP contribution in [0.4, 0.5) is 0 Å². The average molecular weight is 295 g/mol. The van der Waals surface area contributed by atoms with Crippen LogP contribution in [-0.2, 0) is 12.0 Å². The number of thiazole rings is 1. The Morgan fingerprint density at radius 3 is 2.75 bits per heavy atom. The third-order valence-electron chi connectivity index (χ3n) is 3.92. The summed E-state index contributed by atoms with van der Waals surface area (Å²) in [6, 6.07) is 0.671. The third-order valence-corrected chi connectivity index (χ3v) is 5.23. The van der Waals surface area contributed by atoms with Crippen LogP contribution >= 0.6 is 11.3 Å². The van der Waals surface area contributed by atoms with Crippen LogP contribution in [0, 0.1) is 0 Å². The minimum absolute atomic E-state index is 0.172. The molecule has 1 aromatic heterocycles. The van der Waals surface area contributed by atoms with E-state index in [4.69, 9.17) is 4.98 Å². The van der Waals surface area contributed by atoms with Crippen LogP contribution in [0.5, 0.6) is 0 Å². The predicted molar refractivity (Wildman–Crippen MR) is 87.4 cm³/mol. The number of piperidine rings is 1. The molecule has 4 heteroatoms. The highest BCUT2D eigenvalue weighted by molar-refractivity contribution is 7.09. The smallest absolute Gasteiger partial charge is 0.0982 e. The van der Waals surface area contributed by atoms with E-state index in [1.807, 2.05) is 0 Å². The average Bonchev–Trinajstić information content (AvgIpc) is 2.87. The molecule has 1 aliphatic heterocycles. The summed E-state index contributed by atoms with van der Waals surface area (Å²) in [4.78, 5) is 7.34. The lowest BCUT2D eigenvalue weighted by atomic mass is 9.98. The molecule has 20 heavy (non-hydrogen) atoms. The van der Waals surface area contributed by atoms with Gasteiger partial charge in [0, 0.05) is 29.9 Å². The minimum atomic E-state index is 0.172. The van der Waals surface area contributed by atoms with Gasteiger partial charge in [-0.3, -0.25) is 4.90 Å². The van der Waals surface area contributed by atoms with Gasteiger partial charge in [0.25, 0.3) is 0 Å². The van der Waals surface area contributed by atoms with Crippen LogP contribution < -0.4 is 5.32 Å². The van der Waals surface area contributed by atoms with Gasteiger partial charge in [-0.05, 0) is 25.9 Å². The molecule has 0 aliphatic carbocycles. The van der Waals surface area contributed by atoms with Crippen LogP contribution in [0.15, 0.2) is 5.38 Å². The number of nitrogens with zero attached hydrogens (tertiary/aromatic N) is 2. The second-order valence-corrected chi connectivity index (χ2v) is 7.73. The first kappa shape index (κ1) is 15.9. The van der Waals surface area contributed by atoms with Crippen molar-refractivity contribution in [1.29, 1.82) is 0 Å². The summed E-state index contributed by atoms with van der Waals surface area (Å²) in [5.41, 5.74) is 1.41. The SMILES string of the molecule is CCN(Cc1csc(C(C)(C)C)n1)CC1CCCCN1. The van der Waals surface area contributed by atoms with Crippen molar-refractivity contribution in [3.63, 3.8) is 0 Å². The molecule has 0 bridgehead atoms. The van der Waals surface area contributed by atoms with Gasteiger partial charge in [-0.1, -0.05) is 34.1 Å². The quantitative estimate of drug-likeness (QED) is 0.902. The zero-order valence-corrected chi connectivity index (χ0v) is 14.2. The molecule has 0 radical (unpaired) electrons. The van der Waals surface area contributed by atoms with Gasteiger partial charge in [-0.25, -0.2) is 4.98 Å². The van der Waals surface area contributed by atoms with Crippen LogP contribution in [0.3, 0.4) is 0 Å². The van der Waals surface area contributed by atoms with E-state index in [1.165, 1.54) is 36.5 Å². The Morgan fingerprint density at radius 2 is 2.20 bits per heavy atom. The maximum Gasteiger partial charge on any atom is 0.0982 e. The molecule has 1 saturated heterocycles. The van der Waals surface area contributed by atoms with Gasteiger partial charge in [-0.15, -0.1) is 11.3 Å². The number of likely N-dealkylation sites (N-methyl/N-ethyl adjacent to an activating group) is 1. The molecule has 114 valence electrons. The largest absolute Gasteiger partial charge is 0.313 e. The molecule has 1 unspecified atom stereocenters. The van der Waals surface area contributed by atoms with E-state index in [0.29, 0.717) is 6.04 Å². The normalized spacial score (nSPS) is 20.6. The van der Waals surface area contributed by atoms with Gasteiger partial charge in [0.1, 0.15) is 0 Å². The molecule has 1 atom stereocenters. The van der Waals surface area contributed by atoms with Crippen molar-refractivity contribution in [2.75, 3.05) is 19.6 Å². The third kappa shape index (κ3) is 4.54. The molecule has 0 saturated carbocycles. The van der Waals surface area contributed by atoms with E-state index < -0.39 is 0 Å². The lowest BCUT2D eigenvalue weighted by molar-refractivity contribution is 0.224. The highest BCUT2D eigenvalue weighted by Crippen LogP contribution is 2.26. The van der Waals surface area contributed by atoms with E-state index in [1.54, 1.807) is 11.3 Å². The van der Waals surface area contributed by atoms with Crippen LogP contribution in [0.1, 0.15) is 57.7 Å². The van der Waals surface area contributed by atoms with Crippen molar-refractivity contribution in [3.8, 4) is 0 Å². The van der Waals surface area contributed by atoms with Crippen LogP contribution in [0.2, 0.25) is 0 Å². The molecular formula is C16H29N3S. The van der Waals surface area contributed by atoms with E-state index in [0.717, 1.165) is 19.6 Å². The number of hydrogen-bond acceptors (Lipinski definition) is 4. The van der Waals surface area contributed by atoms with Gasteiger partial charge in [-0.2, -0.15) is 0 Å². The molecule has 3 nitrogen and oxygen atoms in total. The fraction of sp³-hybridized carbons (Fsp3) is 0.812. The topological polar surface area (TPSA) is 28.2 Å². The van der Waals surface area contributed by atoms with Gasteiger partial charge in [0.15, 0.2) is 0 Å². The van der Waals surface area contributed by atoms with E-state index in [-0.39, 0.29) is 5.41 Å². The predicted octanol–water partition coefficient (Wildman–Crippen LogP) is 3.40. The summed E-state index contributed by atoms with van der Waals surface area (Å²) in [5, 5.41) is 7.12. The number of rotatable bonds is 5. The maximum absolute atomic E-state index is 4.82. The zero-order valence-electron chi connectivity index (χ0n) is 13.4. The van der Waals surface area contributed by atoms with Crippen LogP contribution in [0.25, 0.3) is 0 Å². The number of nitrogens with one attached hydrogen (secondary N) is 1. The fourth-order valence-corrected chi connectivity index (χ4v) is 3.55. The highest BCUT2D eigenvalue weighted by atomic mass is 32.1. The molecule has 1 aromatic rings. The minimum Gasteiger partial charge on any atom is -0.313 e. The molecule has 0 amide bonds. The Labute approximate surface area is 127 Å². The first-order valence-electron chi connectivity index (χ1n) is 7.89. The summed E-state index contributed by atoms with van der Waals surface area (Å²) in [5.74, 6) is 0. The number of hydrogen-bond donors (Lipinski definition) is 1. The summed E-state index contributed by atoms with van der Waals surface area (Å²) in [6.07, 6.45) is 4.03. The standard InChI is InChI=1S/C16H29N3S/c1-5-19(10-13-8-6-7-9-17-13)11-14-12-20-15(18-14)16(2,3)4/h12-13,17H,5-11H2,1-4H3. The molecule has 1 fully saturated rings. The van der Waals surface area contributed by atoms with E-state index in [2.05, 4.69) is 43.3 Å². The Morgan fingerprint density at radius 1 is 1.40 bits per heavy atom. The molecule has 1 N–H and O–H groups in total. The van der Waals surface area contributed by atoms with Gasteiger partial charge >= 0.3 is 0 Å². The van der Waals surface area contributed by atoms with Gasteiger partial charge in [0.05, 0.1) is 10.7 Å². The van der Waals surface area contributed by atoms with Crippen molar-refractivity contribution >= 4 is 11.3 Å².